The first-order chi connectivity index (χ1) is 17.8. The molecule has 2 bridgehead atoms. The molecule has 0 aromatic carbocycles. The average molecular weight is 517 g/mol. The molecule has 2 N–H and O–H groups in total. The molecule has 2 aliphatic carbocycles. The number of esters is 2. The van der Waals surface area contributed by atoms with Crippen LogP contribution in [0.2, 0.25) is 0 Å². The molecular weight excluding hydrogens is 480 g/mol. The number of ether oxygens (including phenoxy) is 5. The van der Waals surface area contributed by atoms with Gasteiger partial charge in [-0.05, 0) is 31.8 Å². The third-order valence-corrected chi connectivity index (χ3v) is 9.00. The highest BCUT2D eigenvalue weighted by Crippen LogP contribution is 2.72. The van der Waals surface area contributed by atoms with Crippen molar-refractivity contribution in [1.82, 2.24) is 0 Å². The molecule has 0 amide bonds. The summed E-state index contributed by atoms with van der Waals surface area (Å²) in [5.41, 5.74) is -1.11. The Morgan fingerprint density at radius 3 is 2.68 bits per heavy atom. The predicted molar refractivity (Wildman–Crippen MR) is 131 cm³/mol. The SMILES string of the molecule is C[C@@H](O)[C@H]1/C=C\C=C/C(=O)O[C@@H]2C[C@H]3O[C@@H]4C=C(CO)CC[C@]4(COC(=O)/C=C\CCO1)[C@]2(C)[C@]31CO1. The van der Waals surface area contributed by atoms with Crippen LogP contribution in [0.1, 0.15) is 39.5 Å². The van der Waals surface area contributed by atoms with Crippen molar-refractivity contribution in [1.29, 1.82) is 0 Å². The number of aliphatic hydroxyl groups is 2. The van der Waals surface area contributed by atoms with Crippen LogP contribution in [0.25, 0.3) is 0 Å². The molecule has 1 saturated carbocycles. The summed E-state index contributed by atoms with van der Waals surface area (Å²) in [5.74, 6) is -0.979. The highest BCUT2D eigenvalue weighted by atomic mass is 16.6. The molecule has 0 unspecified atom stereocenters. The fraction of sp³-hybridized carbons (Fsp3) is 0.643. The van der Waals surface area contributed by atoms with Crippen molar-refractivity contribution in [3.8, 4) is 0 Å². The first-order valence-electron chi connectivity index (χ1n) is 13.0. The molecule has 5 rings (SSSR count). The molecule has 8 atom stereocenters. The van der Waals surface area contributed by atoms with Gasteiger partial charge in [0, 0.05) is 24.0 Å². The van der Waals surface area contributed by atoms with E-state index >= 15 is 0 Å². The normalized spacial score (nSPS) is 45.4. The number of rotatable bonds is 2. The van der Waals surface area contributed by atoms with Gasteiger partial charge in [-0.15, -0.1) is 0 Å². The summed E-state index contributed by atoms with van der Waals surface area (Å²) in [5, 5.41) is 19.8. The molecule has 5 aliphatic rings. The maximum Gasteiger partial charge on any atom is 0.331 e. The van der Waals surface area contributed by atoms with E-state index in [0.717, 1.165) is 5.57 Å². The van der Waals surface area contributed by atoms with E-state index in [4.69, 9.17) is 23.7 Å². The van der Waals surface area contributed by atoms with Crippen molar-refractivity contribution in [3.05, 3.63) is 48.1 Å². The van der Waals surface area contributed by atoms with Gasteiger partial charge < -0.3 is 33.9 Å². The molecule has 2 saturated heterocycles. The molecule has 3 fully saturated rings. The number of aliphatic hydroxyl groups excluding tert-OH is 2. The van der Waals surface area contributed by atoms with Gasteiger partial charge in [-0.25, -0.2) is 9.59 Å². The van der Waals surface area contributed by atoms with Crippen molar-refractivity contribution in [3.63, 3.8) is 0 Å². The van der Waals surface area contributed by atoms with Crippen LogP contribution in [-0.4, -0.2) is 84.7 Å². The van der Waals surface area contributed by atoms with Crippen molar-refractivity contribution in [2.24, 2.45) is 10.8 Å². The van der Waals surface area contributed by atoms with Crippen LogP contribution in [-0.2, 0) is 33.3 Å². The third-order valence-electron chi connectivity index (χ3n) is 9.00. The topological polar surface area (TPSA) is 124 Å². The Morgan fingerprint density at radius 1 is 1.14 bits per heavy atom. The Labute approximate surface area is 216 Å². The van der Waals surface area contributed by atoms with Crippen LogP contribution >= 0.6 is 0 Å². The van der Waals surface area contributed by atoms with E-state index in [1.54, 1.807) is 31.2 Å². The van der Waals surface area contributed by atoms with Gasteiger partial charge >= 0.3 is 11.9 Å². The van der Waals surface area contributed by atoms with Crippen molar-refractivity contribution in [2.45, 2.75) is 75.7 Å². The summed E-state index contributed by atoms with van der Waals surface area (Å²) < 4.78 is 30.2. The Balaban J connectivity index is 1.50. The fourth-order valence-electron chi connectivity index (χ4n) is 6.73. The van der Waals surface area contributed by atoms with Gasteiger partial charge in [0.25, 0.3) is 0 Å². The molecule has 202 valence electrons. The summed E-state index contributed by atoms with van der Waals surface area (Å²) in [6.45, 7) is 4.48. The molecular formula is C28H36O9. The number of carbonyl (C=O) groups excluding carboxylic acids is 2. The predicted octanol–water partition coefficient (Wildman–Crippen LogP) is 1.92. The maximum absolute atomic E-state index is 12.9. The minimum Gasteiger partial charge on any atom is -0.462 e. The third kappa shape index (κ3) is 4.40. The van der Waals surface area contributed by atoms with Crippen molar-refractivity contribution < 1.29 is 43.5 Å². The Bertz CT molecular complexity index is 1020. The van der Waals surface area contributed by atoms with Crippen LogP contribution in [0.5, 0.6) is 0 Å². The summed E-state index contributed by atoms with van der Waals surface area (Å²) >= 11 is 0. The van der Waals surface area contributed by atoms with Crippen molar-refractivity contribution >= 4 is 11.9 Å². The van der Waals surface area contributed by atoms with Gasteiger partial charge in [-0.1, -0.05) is 37.3 Å². The van der Waals surface area contributed by atoms with E-state index in [1.807, 2.05) is 6.08 Å². The smallest absolute Gasteiger partial charge is 0.331 e. The van der Waals surface area contributed by atoms with Crippen LogP contribution in [0.15, 0.2) is 48.1 Å². The number of hydrogen-bond acceptors (Lipinski definition) is 9. The second-order valence-electron chi connectivity index (χ2n) is 10.8. The first-order valence-corrected chi connectivity index (χ1v) is 13.0. The summed E-state index contributed by atoms with van der Waals surface area (Å²) in [6, 6.07) is 0. The number of epoxide rings is 1. The lowest BCUT2D eigenvalue weighted by atomic mass is 9.51. The molecule has 0 aromatic heterocycles. The largest absolute Gasteiger partial charge is 0.462 e. The molecule has 3 aliphatic heterocycles. The number of allylic oxidation sites excluding steroid dienone is 2. The fourth-order valence-corrected chi connectivity index (χ4v) is 6.73. The summed E-state index contributed by atoms with van der Waals surface area (Å²) in [6.07, 6.45) is 10.9. The van der Waals surface area contributed by atoms with Gasteiger partial charge in [0.1, 0.15) is 24.4 Å². The minimum absolute atomic E-state index is 0.0593. The van der Waals surface area contributed by atoms with Gasteiger partial charge in [0.15, 0.2) is 0 Å². The molecule has 9 heteroatoms. The van der Waals surface area contributed by atoms with E-state index in [1.165, 1.54) is 12.2 Å². The Morgan fingerprint density at radius 2 is 1.95 bits per heavy atom. The van der Waals surface area contributed by atoms with E-state index in [2.05, 4.69) is 6.92 Å². The van der Waals surface area contributed by atoms with Crippen LogP contribution in [0.4, 0.5) is 0 Å². The highest BCUT2D eigenvalue weighted by molar-refractivity contribution is 5.82. The summed E-state index contributed by atoms with van der Waals surface area (Å²) in [4.78, 5) is 25.6. The maximum atomic E-state index is 12.9. The van der Waals surface area contributed by atoms with Crippen LogP contribution < -0.4 is 0 Å². The zero-order chi connectivity index (χ0) is 26.3. The van der Waals surface area contributed by atoms with E-state index in [0.29, 0.717) is 38.9 Å². The Kier molecular flexibility index (Phi) is 7.19. The number of hydrogen-bond donors (Lipinski definition) is 2. The van der Waals surface area contributed by atoms with Crippen LogP contribution in [0, 0.1) is 10.8 Å². The number of carbonyl (C=O) groups is 2. The lowest BCUT2D eigenvalue weighted by Crippen LogP contribution is -2.66. The monoisotopic (exact) mass is 516 g/mol. The minimum atomic E-state index is -0.747. The van der Waals surface area contributed by atoms with Gasteiger partial charge in [0.05, 0.1) is 43.5 Å². The average Bonchev–Trinajstić information content (AvgIpc) is 3.65. The van der Waals surface area contributed by atoms with E-state index < -0.39 is 52.8 Å². The number of cyclic esters (lactones) is 1. The van der Waals surface area contributed by atoms with Crippen LogP contribution in [0.3, 0.4) is 0 Å². The second kappa shape index (κ2) is 10.1. The second-order valence-corrected chi connectivity index (χ2v) is 10.8. The van der Waals surface area contributed by atoms with Crippen molar-refractivity contribution in [2.75, 3.05) is 26.4 Å². The molecule has 37 heavy (non-hydrogen) atoms. The molecule has 0 radical (unpaired) electrons. The van der Waals surface area contributed by atoms with Gasteiger partial charge in [-0.2, -0.15) is 0 Å². The molecule has 9 nitrogen and oxygen atoms in total. The van der Waals surface area contributed by atoms with E-state index in [9.17, 15) is 19.8 Å². The standard InChI is InChI=1S/C28H36O9/c1-18(30)20-7-3-4-9-25(32)37-21-14-23-28(17-35-28)26(21,2)27(11-10-19(15-29)13-22(27)36-23)16-34-24(31)8-5-6-12-33-20/h3-5,7-9,13,18,20-23,29-30H,6,10-12,14-17H2,1-2H3/b7-3-,8-5-,9-4-/t18-,20-,21-,22-,23-,26-,27-,28+/m1/s1. The zero-order valence-electron chi connectivity index (χ0n) is 21.3. The van der Waals surface area contributed by atoms with Gasteiger partial charge in [-0.3, -0.25) is 0 Å². The Hall–Kier alpha value is -2.30. The molecule has 2 spiro atoms. The zero-order valence-corrected chi connectivity index (χ0v) is 21.3. The quantitative estimate of drug-likeness (QED) is 0.322. The lowest BCUT2D eigenvalue weighted by Gasteiger charge is -2.58. The molecule has 0 aromatic rings. The van der Waals surface area contributed by atoms with Gasteiger partial charge in [0.2, 0.25) is 0 Å². The first kappa shape index (κ1) is 26.3. The molecule has 3 heterocycles. The lowest BCUT2D eigenvalue weighted by molar-refractivity contribution is -0.232. The van der Waals surface area contributed by atoms with E-state index in [-0.39, 0.29) is 19.3 Å². The highest BCUT2D eigenvalue weighted by Gasteiger charge is 2.83. The summed E-state index contributed by atoms with van der Waals surface area (Å²) in [7, 11) is 0.